The van der Waals surface area contributed by atoms with Crippen LogP contribution in [0.2, 0.25) is 5.02 Å². The van der Waals surface area contributed by atoms with Crippen LogP contribution in [-0.2, 0) is 14.4 Å². The molecule has 1 atom stereocenters. The average molecular weight is 686 g/mol. The zero-order chi connectivity index (χ0) is 34.2. The Labute approximate surface area is 291 Å². The van der Waals surface area contributed by atoms with Crippen LogP contribution < -0.4 is 15.5 Å². The van der Waals surface area contributed by atoms with E-state index in [-0.39, 0.29) is 23.9 Å². The topological polar surface area (TPSA) is 120 Å². The van der Waals surface area contributed by atoms with Crippen molar-refractivity contribution in [1.82, 2.24) is 5.32 Å². The van der Waals surface area contributed by atoms with E-state index in [0.717, 1.165) is 10.6 Å². The minimum Gasteiger partial charge on any atom is -0.321 e. The second-order valence-corrected chi connectivity index (χ2v) is 12.6. The van der Waals surface area contributed by atoms with Gasteiger partial charge in [-0.15, -0.1) is 11.8 Å². The highest BCUT2D eigenvalue weighted by Gasteiger charge is 2.40. The Morgan fingerprint density at radius 3 is 2.02 bits per heavy atom. The highest BCUT2D eigenvalue weighted by Crippen LogP contribution is 2.35. The standard InChI is InChI=1S/C38H28ClN5O4S/c39-27-13-11-25(12-14-27)23-33(41-36(46)26-7-3-1-4-8-26)37(47)40-28-17-21-32(22-18-28)49-34-24-35(45)44(38(34)48)31-19-15-30(16-20-31)43-42-29-9-5-2-6-10-29/h1-23,34H,24H2,(H,40,47)(H,41,46). The quantitative estimate of drug-likeness (QED) is 0.0867. The number of nitrogens with zero attached hydrogens (tertiary/aromatic N) is 3. The monoisotopic (exact) mass is 685 g/mol. The molecule has 0 spiro atoms. The Hall–Kier alpha value is -5.84. The molecule has 1 heterocycles. The number of rotatable bonds is 10. The van der Waals surface area contributed by atoms with Crippen molar-refractivity contribution in [1.29, 1.82) is 0 Å². The number of hydrogen-bond donors (Lipinski definition) is 2. The molecule has 2 N–H and O–H groups in total. The summed E-state index contributed by atoms with van der Waals surface area (Å²) in [5.74, 6) is -1.56. The molecule has 49 heavy (non-hydrogen) atoms. The maximum Gasteiger partial charge on any atom is 0.272 e. The zero-order valence-electron chi connectivity index (χ0n) is 25.8. The van der Waals surface area contributed by atoms with Gasteiger partial charge in [0.05, 0.1) is 22.3 Å². The van der Waals surface area contributed by atoms with Crippen molar-refractivity contribution in [2.24, 2.45) is 10.2 Å². The van der Waals surface area contributed by atoms with Crippen LogP contribution in [0.4, 0.5) is 22.7 Å². The first-order chi connectivity index (χ1) is 23.8. The number of amides is 4. The lowest BCUT2D eigenvalue weighted by Gasteiger charge is -2.15. The lowest BCUT2D eigenvalue weighted by molar-refractivity contribution is -0.121. The van der Waals surface area contributed by atoms with Gasteiger partial charge in [-0.3, -0.25) is 19.2 Å². The molecular weight excluding hydrogens is 658 g/mol. The van der Waals surface area contributed by atoms with E-state index in [2.05, 4.69) is 20.9 Å². The van der Waals surface area contributed by atoms with Gasteiger partial charge in [0, 0.05) is 27.6 Å². The van der Waals surface area contributed by atoms with Crippen LogP contribution in [0.1, 0.15) is 22.3 Å². The molecule has 1 aliphatic rings. The molecule has 5 aromatic carbocycles. The number of thioether (sulfide) groups is 1. The molecule has 4 amide bonds. The number of azo groups is 1. The molecule has 1 unspecified atom stereocenters. The number of halogens is 1. The Morgan fingerprint density at radius 2 is 1.37 bits per heavy atom. The number of carbonyl (C=O) groups excluding carboxylic acids is 4. The fourth-order valence-corrected chi connectivity index (χ4v) is 6.07. The van der Waals surface area contributed by atoms with Crippen LogP contribution in [-0.4, -0.2) is 28.9 Å². The fourth-order valence-electron chi connectivity index (χ4n) is 4.89. The third kappa shape index (κ3) is 8.55. The minimum absolute atomic E-state index is 0.0390. The second kappa shape index (κ2) is 15.4. The zero-order valence-corrected chi connectivity index (χ0v) is 27.4. The van der Waals surface area contributed by atoms with Crippen molar-refractivity contribution in [3.63, 3.8) is 0 Å². The van der Waals surface area contributed by atoms with Crippen molar-refractivity contribution in [2.45, 2.75) is 16.6 Å². The Morgan fingerprint density at radius 1 is 0.755 bits per heavy atom. The number of anilines is 2. The van der Waals surface area contributed by atoms with Gasteiger partial charge in [0.2, 0.25) is 11.8 Å². The molecule has 0 aromatic heterocycles. The first kappa shape index (κ1) is 33.1. The fraction of sp³-hybridized carbons (Fsp3) is 0.0526. The predicted molar refractivity (Wildman–Crippen MR) is 192 cm³/mol. The van der Waals surface area contributed by atoms with Crippen LogP contribution in [0.15, 0.2) is 154 Å². The van der Waals surface area contributed by atoms with Crippen molar-refractivity contribution >= 4 is 75.8 Å². The molecule has 5 aromatic rings. The summed E-state index contributed by atoms with van der Waals surface area (Å²) in [4.78, 5) is 54.4. The molecule has 0 bridgehead atoms. The molecule has 0 radical (unpaired) electrons. The van der Waals surface area contributed by atoms with Gasteiger partial charge in [-0.2, -0.15) is 10.2 Å². The molecule has 0 saturated carbocycles. The van der Waals surface area contributed by atoms with Crippen LogP contribution in [0, 0.1) is 0 Å². The summed E-state index contributed by atoms with van der Waals surface area (Å²) >= 11 is 7.29. The maximum atomic E-state index is 13.4. The molecule has 1 aliphatic heterocycles. The van der Waals surface area contributed by atoms with E-state index in [9.17, 15) is 19.2 Å². The Balaban J connectivity index is 1.09. The van der Waals surface area contributed by atoms with Crippen LogP contribution in [0.25, 0.3) is 6.08 Å². The average Bonchev–Trinajstić information content (AvgIpc) is 3.41. The molecule has 1 saturated heterocycles. The maximum absolute atomic E-state index is 13.4. The van der Waals surface area contributed by atoms with E-state index >= 15 is 0 Å². The summed E-state index contributed by atoms with van der Waals surface area (Å²) < 4.78 is 0. The van der Waals surface area contributed by atoms with Crippen molar-refractivity contribution in [3.8, 4) is 0 Å². The van der Waals surface area contributed by atoms with Gasteiger partial charge in [0.1, 0.15) is 5.70 Å². The van der Waals surface area contributed by atoms with Gasteiger partial charge in [-0.05, 0) is 96.6 Å². The highest BCUT2D eigenvalue weighted by atomic mass is 35.5. The summed E-state index contributed by atoms with van der Waals surface area (Å²) in [6.45, 7) is 0. The smallest absolute Gasteiger partial charge is 0.272 e. The molecule has 1 fully saturated rings. The largest absolute Gasteiger partial charge is 0.321 e. The number of hydrogen-bond acceptors (Lipinski definition) is 7. The van der Waals surface area contributed by atoms with E-state index in [0.29, 0.717) is 33.2 Å². The van der Waals surface area contributed by atoms with E-state index < -0.39 is 17.1 Å². The van der Waals surface area contributed by atoms with Gasteiger partial charge in [0.25, 0.3) is 11.8 Å². The predicted octanol–water partition coefficient (Wildman–Crippen LogP) is 8.59. The summed E-state index contributed by atoms with van der Waals surface area (Å²) in [6.07, 6.45) is 1.62. The third-order valence-corrected chi connectivity index (χ3v) is 8.80. The summed E-state index contributed by atoms with van der Waals surface area (Å²) in [6, 6.07) is 38.5. The SMILES string of the molecule is O=C(Nc1ccc(SC2CC(=O)N(c3ccc(N=Nc4ccccc4)cc3)C2=O)cc1)C(=Cc1ccc(Cl)cc1)NC(=O)c1ccccc1. The Kier molecular flexibility index (Phi) is 10.4. The third-order valence-electron chi connectivity index (χ3n) is 7.35. The molecule has 0 aliphatic carbocycles. The van der Waals surface area contributed by atoms with Crippen molar-refractivity contribution < 1.29 is 19.2 Å². The molecule has 9 nitrogen and oxygen atoms in total. The summed E-state index contributed by atoms with van der Waals surface area (Å²) in [5, 5.41) is 13.9. The van der Waals surface area contributed by atoms with Gasteiger partial charge in [-0.25, -0.2) is 4.90 Å². The van der Waals surface area contributed by atoms with Crippen LogP contribution in [0.5, 0.6) is 0 Å². The minimum atomic E-state index is -0.604. The second-order valence-electron chi connectivity index (χ2n) is 10.8. The number of nitrogens with one attached hydrogen (secondary N) is 2. The number of benzene rings is 5. The van der Waals surface area contributed by atoms with Crippen LogP contribution >= 0.6 is 23.4 Å². The lowest BCUT2D eigenvalue weighted by Crippen LogP contribution is -2.31. The highest BCUT2D eigenvalue weighted by molar-refractivity contribution is 8.00. The number of imide groups is 1. The molecule has 11 heteroatoms. The molecular formula is C38H28ClN5O4S. The van der Waals surface area contributed by atoms with Gasteiger partial charge in [0.15, 0.2) is 0 Å². The normalized spacial score (nSPS) is 14.7. The Bertz CT molecular complexity index is 2040. The lowest BCUT2D eigenvalue weighted by atomic mass is 10.1. The first-order valence-electron chi connectivity index (χ1n) is 15.2. The number of carbonyl (C=O) groups is 4. The van der Waals surface area contributed by atoms with E-state index in [1.807, 2.05) is 30.3 Å². The summed E-state index contributed by atoms with van der Waals surface area (Å²) in [5.41, 5.74) is 3.37. The van der Waals surface area contributed by atoms with E-state index in [1.165, 1.54) is 16.7 Å². The van der Waals surface area contributed by atoms with E-state index in [4.69, 9.17) is 11.6 Å². The molecule has 242 valence electrons. The first-order valence-corrected chi connectivity index (χ1v) is 16.4. The molecule has 6 rings (SSSR count). The van der Waals surface area contributed by atoms with Gasteiger partial charge < -0.3 is 10.6 Å². The van der Waals surface area contributed by atoms with Crippen LogP contribution in [0.3, 0.4) is 0 Å². The van der Waals surface area contributed by atoms with Gasteiger partial charge >= 0.3 is 0 Å². The van der Waals surface area contributed by atoms with Crippen molar-refractivity contribution in [3.05, 3.63) is 155 Å². The van der Waals surface area contributed by atoms with Crippen molar-refractivity contribution in [2.75, 3.05) is 10.2 Å². The summed E-state index contributed by atoms with van der Waals surface area (Å²) in [7, 11) is 0. The van der Waals surface area contributed by atoms with Gasteiger partial charge in [-0.1, -0.05) is 60.1 Å². The van der Waals surface area contributed by atoms with E-state index in [1.54, 1.807) is 109 Å².